The van der Waals surface area contributed by atoms with Crippen molar-refractivity contribution < 1.29 is 19.9 Å². The van der Waals surface area contributed by atoms with Gasteiger partial charge in [-0.25, -0.2) is 4.84 Å². The molecule has 0 aromatic carbocycles. The van der Waals surface area contributed by atoms with Gasteiger partial charge in [0.05, 0.1) is 6.42 Å². The second-order valence-corrected chi connectivity index (χ2v) is 1.44. The summed E-state index contributed by atoms with van der Waals surface area (Å²) in [6.45, 7) is 0.316. The minimum atomic E-state index is -0.840. The molecular weight excluding hydrogens is 160 g/mol. The lowest BCUT2D eigenvalue weighted by atomic mass is 10.5. The van der Waals surface area contributed by atoms with Gasteiger partial charge in [-0.3, -0.25) is 4.79 Å². The third-order valence-corrected chi connectivity index (χ3v) is 0.622. The van der Waals surface area contributed by atoms with E-state index in [9.17, 15) is 4.79 Å². The van der Waals surface area contributed by atoms with Gasteiger partial charge < -0.3 is 15.2 Å². The van der Waals surface area contributed by atoms with Gasteiger partial charge in [0.15, 0.2) is 0 Å². The number of halogens is 1. The molecule has 0 bridgehead atoms. The number of hydrogen-bond acceptors (Lipinski definition) is 4. The Balaban J connectivity index is 0. The Labute approximate surface area is 64.0 Å². The van der Waals surface area contributed by atoms with Crippen LogP contribution in [0.5, 0.6) is 0 Å². The van der Waals surface area contributed by atoms with Crippen molar-refractivity contribution in [3.63, 3.8) is 0 Å². The van der Waals surface area contributed by atoms with Crippen LogP contribution in [0.15, 0.2) is 0 Å². The molecule has 0 aliphatic rings. The van der Waals surface area contributed by atoms with Crippen LogP contribution in [0, 0.1) is 0 Å². The van der Waals surface area contributed by atoms with E-state index in [0.29, 0.717) is 6.54 Å². The molecule has 0 atom stereocenters. The molecular formula is C3H9BClNO4. The lowest BCUT2D eigenvalue weighted by molar-refractivity contribution is -0.136. The Kier molecular flexibility index (Phi) is 14.2. The van der Waals surface area contributed by atoms with Crippen molar-refractivity contribution in [1.82, 2.24) is 4.84 Å². The van der Waals surface area contributed by atoms with E-state index in [1.165, 1.54) is 0 Å². The molecule has 10 heavy (non-hydrogen) atoms. The Bertz CT molecular complexity index is 82.9. The first-order chi connectivity index (χ1) is 4.68. The standard InChI is InChI=1S/C3H6ClNO2.BH3O2/c4-5-2-1-3(6)7;2-1-3/h5H,1-2H2,(H,6,7);1-3H. The number of nitrogens with one attached hydrogen (secondary N) is 1. The first-order valence-corrected chi connectivity index (χ1v) is 2.83. The van der Waals surface area contributed by atoms with Gasteiger partial charge in [-0.2, -0.15) is 0 Å². The van der Waals surface area contributed by atoms with Crippen molar-refractivity contribution in [1.29, 1.82) is 0 Å². The van der Waals surface area contributed by atoms with Gasteiger partial charge in [-0.15, -0.1) is 0 Å². The van der Waals surface area contributed by atoms with Gasteiger partial charge in [0.1, 0.15) is 0 Å². The normalized spacial score (nSPS) is 7.50. The van der Waals surface area contributed by atoms with Gasteiger partial charge in [0, 0.05) is 6.54 Å². The number of carboxylic acids is 1. The smallest absolute Gasteiger partial charge is 0.432 e. The van der Waals surface area contributed by atoms with E-state index >= 15 is 0 Å². The lowest BCUT2D eigenvalue weighted by Gasteiger charge is -1.86. The molecule has 0 heterocycles. The highest BCUT2D eigenvalue weighted by Gasteiger charge is 1.91. The number of carboxylic acid groups (broad SMARTS) is 1. The first kappa shape index (κ1) is 12.4. The minimum Gasteiger partial charge on any atom is -0.481 e. The molecule has 0 aromatic rings. The maximum Gasteiger partial charge on any atom is 0.432 e. The molecule has 7 heteroatoms. The molecule has 0 unspecified atom stereocenters. The molecule has 0 spiro atoms. The third-order valence-electron chi connectivity index (χ3n) is 0.433. The summed E-state index contributed by atoms with van der Waals surface area (Å²) >= 11 is 4.93. The van der Waals surface area contributed by atoms with Gasteiger partial charge in [0.2, 0.25) is 0 Å². The predicted octanol–water partition coefficient (Wildman–Crippen LogP) is -1.56. The van der Waals surface area contributed by atoms with Crippen LogP contribution in [-0.4, -0.2) is 35.4 Å². The first-order valence-electron chi connectivity index (χ1n) is 2.46. The van der Waals surface area contributed by atoms with Crippen LogP contribution < -0.4 is 4.84 Å². The largest absolute Gasteiger partial charge is 0.481 e. The van der Waals surface area contributed by atoms with E-state index in [2.05, 4.69) is 4.84 Å². The van der Waals surface area contributed by atoms with Crippen LogP contribution in [0.3, 0.4) is 0 Å². The van der Waals surface area contributed by atoms with Crippen LogP contribution in [0.1, 0.15) is 6.42 Å². The second kappa shape index (κ2) is 11.5. The van der Waals surface area contributed by atoms with Crippen molar-refractivity contribution in [2.24, 2.45) is 0 Å². The van der Waals surface area contributed by atoms with Crippen LogP contribution in [-0.2, 0) is 4.79 Å². The van der Waals surface area contributed by atoms with E-state index in [0.717, 1.165) is 0 Å². The van der Waals surface area contributed by atoms with E-state index < -0.39 is 13.7 Å². The van der Waals surface area contributed by atoms with Crippen molar-refractivity contribution in [3.05, 3.63) is 0 Å². The zero-order valence-corrected chi connectivity index (χ0v) is 6.01. The van der Waals surface area contributed by atoms with E-state index in [4.69, 9.17) is 26.9 Å². The molecule has 4 N–H and O–H groups in total. The molecule has 0 aromatic heterocycles. The average molecular weight is 169 g/mol. The summed E-state index contributed by atoms with van der Waals surface area (Å²) in [5.74, 6) is -0.840. The highest BCUT2D eigenvalue weighted by Crippen LogP contribution is 1.74. The summed E-state index contributed by atoms with van der Waals surface area (Å²) < 4.78 is 0. The lowest BCUT2D eigenvalue weighted by Crippen LogP contribution is -2.06. The summed E-state index contributed by atoms with van der Waals surface area (Å²) in [4.78, 5) is 11.8. The molecule has 5 nitrogen and oxygen atoms in total. The van der Waals surface area contributed by atoms with Crippen molar-refractivity contribution in [3.8, 4) is 0 Å². The van der Waals surface area contributed by atoms with Crippen LogP contribution in [0.4, 0.5) is 0 Å². The average Bonchev–Trinajstić information content (AvgIpc) is 1.85. The number of carbonyl (C=O) groups is 1. The van der Waals surface area contributed by atoms with Gasteiger partial charge in [0.25, 0.3) is 0 Å². The van der Waals surface area contributed by atoms with E-state index in [1.54, 1.807) is 0 Å². The van der Waals surface area contributed by atoms with Crippen molar-refractivity contribution >= 4 is 25.4 Å². The third kappa shape index (κ3) is 25.2. The fourth-order valence-corrected chi connectivity index (χ4v) is 0.249. The van der Waals surface area contributed by atoms with Crippen LogP contribution >= 0.6 is 11.8 Å². The van der Waals surface area contributed by atoms with Crippen LogP contribution in [0.2, 0.25) is 0 Å². The summed E-state index contributed by atoms with van der Waals surface area (Å²) in [6, 6.07) is 0. The summed E-state index contributed by atoms with van der Waals surface area (Å²) in [5, 5.41) is 22.2. The van der Waals surface area contributed by atoms with E-state index in [1.807, 2.05) is 0 Å². The number of rotatable bonds is 3. The monoisotopic (exact) mass is 169 g/mol. The Morgan fingerprint density at radius 2 is 2.00 bits per heavy atom. The summed E-state index contributed by atoms with van der Waals surface area (Å²) in [7, 11) is -0.750. The number of aliphatic carboxylic acids is 1. The molecule has 60 valence electrons. The molecule has 0 radical (unpaired) electrons. The molecule has 0 amide bonds. The summed E-state index contributed by atoms with van der Waals surface area (Å²) in [5.41, 5.74) is 0. The highest BCUT2D eigenvalue weighted by atomic mass is 35.5. The Morgan fingerprint density at radius 1 is 1.60 bits per heavy atom. The minimum absolute atomic E-state index is 0.0729. The SMILES string of the molecule is O=C(O)CCNCl.OBO. The van der Waals surface area contributed by atoms with E-state index in [-0.39, 0.29) is 6.42 Å². The van der Waals surface area contributed by atoms with Gasteiger partial charge in [-0.05, 0) is 11.8 Å². The Hall–Kier alpha value is -0.295. The molecule has 0 saturated carbocycles. The molecule has 0 fully saturated rings. The summed E-state index contributed by atoms with van der Waals surface area (Å²) in [6.07, 6.45) is 0.0729. The maximum absolute atomic E-state index is 9.66. The predicted molar refractivity (Wildman–Crippen MR) is 37.7 cm³/mol. The highest BCUT2D eigenvalue weighted by molar-refractivity contribution is 6.13. The zero-order chi connectivity index (χ0) is 8.41. The zero-order valence-electron chi connectivity index (χ0n) is 5.25. The fraction of sp³-hybridized carbons (Fsp3) is 0.667. The topological polar surface area (TPSA) is 89.8 Å². The Morgan fingerprint density at radius 3 is 2.10 bits per heavy atom. The van der Waals surface area contributed by atoms with Gasteiger partial charge in [-0.1, -0.05) is 0 Å². The van der Waals surface area contributed by atoms with Gasteiger partial charge >= 0.3 is 13.7 Å². The molecule has 0 aliphatic carbocycles. The fourth-order valence-electron chi connectivity index (χ4n) is 0.154. The molecule has 0 aliphatic heterocycles. The molecule has 0 saturated heterocycles. The van der Waals surface area contributed by atoms with Crippen molar-refractivity contribution in [2.75, 3.05) is 6.54 Å². The van der Waals surface area contributed by atoms with Crippen molar-refractivity contribution in [2.45, 2.75) is 6.42 Å². The number of hydrogen-bond donors (Lipinski definition) is 4. The molecule has 0 rings (SSSR count). The van der Waals surface area contributed by atoms with Crippen LogP contribution in [0.25, 0.3) is 0 Å². The second-order valence-electron chi connectivity index (χ2n) is 1.17. The maximum atomic E-state index is 9.66. The quantitative estimate of drug-likeness (QED) is 0.303.